The lowest BCUT2D eigenvalue weighted by Gasteiger charge is -2.28. The standard InChI is InChI=1S/C21H28N2O3S2/c1-15-6-10-20(11-7-15)27-13-12-22-21(24)18(4)23(28(5,25)26)19-9-8-16(2)17(3)14-19/h6-11,14,18H,12-13H2,1-5H3,(H,22,24)/t18-/m0/s1. The van der Waals surface area contributed by atoms with Gasteiger partial charge >= 0.3 is 0 Å². The van der Waals surface area contributed by atoms with Crippen LogP contribution in [0.15, 0.2) is 47.4 Å². The van der Waals surface area contributed by atoms with Gasteiger partial charge in [0.2, 0.25) is 15.9 Å². The molecule has 1 atom stereocenters. The Morgan fingerprint density at radius 1 is 1.07 bits per heavy atom. The Morgan fingerprint density at radius 3 is 2.29 bits per heavy atom. The summed E-state index contributed by atoms with van der Waals surface area (Å²) in [6.45, 7) is 8.00. The fourth-order valence-electron chi connectivity index (χ4n) is 2.80. The van der Waals surface area contributed by atoms with E-state index in [2.05, 4.69) is 29.6 Å². The number of hydrogen-bond donors (Lipinski definition) is 1. The van der Waals surface area contributed by atoms with E-state index in [1.807, 2.05) is 26.8 Å². The molecule has 152 valence electrons. The van der Waals surface area contributed by atoms with Crippen molar-refractivity contribution in [2.75, 3.05) is 22.9 Å². The van der Waals surface area contributed by atoms with Crippen molar-refractivity contribution in [2.45, 2.75) is 38.6 Å². The van der Waals surface area contributed by atoms with Crippen LogP contribution in [0.2, 0.25) is 0 Å². The second-order valence-electron chi connectivity index (χ2n) is 6.96. The summed E-state index contributed by atoms with van der Waals surface area (Å²) >= 11 is 1.65. The zero-order valence-electron chi connectivity index (χ0n) is 17.0. The number of carbonyl (C=O) groups is 1. The minimum absolute atomic E-state index is 0.312. The Balaban J connectivity index is 2.01. The first-order chi connectivity index (χ1) is 13.1. The van der Waals surface area contributed by atoms with Gasteiger partial charge < -0.3 is 5.32 Å². The lowest BCUT2D eigenvalue weighted by molar-refractivity contribution is -0.121. The molecular formula is C21H28N2O3S2. The number of anilines is 1. The molecule has 2 aromatic rings. The molecule has 0 aromatic heterocycles. The Labute approximate surface area is 172 Å². The first kappa shape index (κ1) is 22.3. The number of rotatable bonds is 8. The minimum Gasteiger partial charge on any atom is -0.353 e. The topological polar surface area (TPSA) is 66.5 Å². The van der Waals surface area contributed by atoms with Gasteiger partial charge in [0.15, 0.2) is 0 Å². The number of carbonyl (C=O) groups excluding carboxylic acids is 1. The third-order valence-corrected chi connectivity index (χ3v) is 6.78. The van der Waals surface area contributed by atoms with Crippen LogP contribution in [0.5, 0.6) is 0 Å². The van der Waals surface area contributed by atoms with Crippen molar-refractivity contribution in [1.29, 1.82) is 0 Å². The fraction of sp³-hybridized carbons (Fsp3) is 0.381. The van der Waals surface area contributed by atoms with E-state index in [1.54, 1.807) is 30.8 Å². The maximum Gasteiger partial charge on any atom is 0.243 e. The largest absolute Gasteiger partial charge is 0.353 e. The summed E-state index contributed by atoms with van der Waals surface area (Å²) in [4.78, 5) is 13.7. The van der Waals surface area contributed by atoms with Crippen molar-refractivity contribution in [3.63, 3.8) is 0 Å². The average Bonchev–Trinajstić information content (AvgIpc) is 2.62. The van der Waals surface area contributed by atoms with Gasteiger partial charge in [0, 0.05) is 17.2 Å². The number of hydrogen-bond acceptors (Lipinski definition) is 4. The number of nitrogens with one attached hydrogen (secondary N) is 1. The molecule has 0 radical (unpaired) electrons. The van der Waals surface area contributed by atoms with Gasteiger partial charge in [-0.2, -0.15) is 0 Å². The van der Waals surface area contributed by atoms with E-state index in [9.17, 15) is 13.2 Å². The molecule has 1 amide bonds. The summed E-state index contributed by atoms with van der Waals surface area (Å²) < 4.78 is 25.9. The first-order valence-corrected chi connectivity index (χ1v) is 12.0. The molecular weight excluding hydrogens is 392 g/mol. The van der Waals surface area contributed by atoms with Crippen LogP contribution >= 0.6 is 11.8 Å². The van der Waals surface area contributed by atoms with E-state index in [0.717, 1.165) is 22.3 Å². The SMILES string of the molecule is Cc1ccc(SCCNC(=O)[C@H](C)N(c2ccc(C)c(C)c2)S(C)(=O)=O)cc1. The highest BCUT2D eigenvalue weighted by molar-refractivity contribution is 7.99. The molecule has 2 rings (SSSR count). The molecule has 7 heteroatoms. The van der Waals surface area contributed by atoms with Gasteiger partial charge in [-0.05, 0) is 63.1 Å². The predicted molar refractivity (Wildman–Crippen MR) is 118 cm³/mol. The van der Waals surface area contributed by atoms with Crippen molar-refractivity contribution >= 4 is 33.4 Å². The number of thioether (sulfide) groups is 1. The number of sulfonamides is 1. The summed E-state index contributed by atoms with van der Waals surface area (Å²) in [5.74, 6) is 0.400. The molecule has 0 spiro atoms. The second-order valence-corrected chi connectivity index (χ2v) is 9.98. The van der Waals surface area contributed by atoms with Crippen molar-refractivity contribution in [1.82, 2.24) is 5.32 Å². The Hall–Kier alpha value is -1.99. The van der Waals surface area contributed by atoms with Crippen LogP contribution in [0, 0.1) is 20.8 Å². The van der Waals surface area contributed by atoms with Gasteiger partial charge in [0.05, 0.1) is 11.9 Å². The van der Waals surface area contributed by atoms with E-state index in [4.69, 9.17) is 0 Å². The van der Waals surface area contributed by atoms with Crippen molar-refractivity contribution < 1.29 is 13.2 Å². The Morgan fingerprint density at radius 2 is 1.71 bits per heavy atom. The van der Waals surface area contributed by atoms with Crippen molar-refractivity contribution in [2.24, 2.45) is 0 Å². The average molecular weight is 421 g/mol. The van der Waals surface area contributed by atoms with E-state index in [1.165, 1.54) is 9.87 Å². The lowest BCUT2D eigenvalue weighted by atomic mass is 10.1. The van der Waals surface area contributed by atoms with Gasteiger partial charge in [-0.15, -0.1) is 11.8 Å². The summed E-state index contributed by atoms with van der Waals surface area (Å²) in [5.41, 5.74) is 3.76. The maximum absolute atomic E-state index is 12.6. The Bertz CT molecular complexity index is 925. The van der Waals surface area contributed by atoms with Crippen molar-refractivity contribution in [3.05, 3.63) is 59.2 Å². The monoisotopic (exact) mass is 420 g/mol. The molecule has 0 saturated carbocycles. The maximum atomic E-state index is 12.6. The van der Waals surface area contributed by atoms with Crippen LogP contribution in [-0.4, -0.2) is 38.9 Å². The van der Waals surface area contributed by atoms with Crippen LogP contribution in [0.1, 0.15) is 23.6 Å². The minimum atomic E-state index is -3.60. The Kier molecular flexibility index (Phi) is 7.55. The smallest absolute Gasteiger partial charge is 0.243 e. The van der Waals surface area contributed by atoms with E-state index in [-0.39, 0.29) is 5.91 Å². The van der Waals surface area contributed by atoms with Crippen molar-refractivity contribution in [3.8, 4) is 0 Å². The zero-order valence-corrected chi connectivity index (χ0v) is 18.7. The quantitative estimate of drug-likeness (QED) is 0.523. The van der Waals surface area contributed by atoms with Crippen LogP contribution in [0.25, 0.3) is 0 Å². The van der Waals surface area contributed by atoms with Crippen LogP contribution in [-0.2, 0) is 14.8 Å². The predicted octanol–water partition coefficient (Wildman–Crippen LogP) is 3.67. The fourth-order valence-corrected chi connectivity index (χ4v) is 4.73. The highest BCUT2D eigenvalue weighted by Crippen LogP contribution is 2.24. The molecule has 0 aliphatic heterocycles. The van der Waals surface area contributed by atoms with E-state index >= 15 is 0 Å². The molecule has 0 fully saturated rings. The van der Waals surface area contributed by atoms with Crippen LogP contribution < -0.4 is 9.62 Å². The summed E-state index contributed by atoms with van der Waals surface area (Å²) in [5, 5.41) is 2.85. The summed E-state index contributed by atoms with van der Waals surface area (Å²) in [6, 6.07) is 12.8. The highest BCUT2D eigenvalue weighted by Gasteiger charge is 2.29. The highest BCUT2D eigenvalue weighted by atomic mass is 32.2. The van der Waals surface area contributed by atoms with Gasteiger partial charge in [-0.25, -0.2) is 8.42 Å². The number of aryl methyl sites for hydroxylation is 3. The molecule has 28 heavy (non-hydrogen) atoms. The van der Waals surface area contributed by atoms with Gasteiger partial charge in [0.1, 0.15) is 6.04 Å². The third-order valence-electron chi connectivity index (χ3n) is 4.52. The molecule has 0 aliphatic carbocycles. The zero-order chi connectivity index (χ0) is 20.9. The summed E-state index contributed by atoms with van der Waals surface area (Å²) in [7, 11) is -3.60. The van der Waals surface area contributed by atoms with Crippen LogP contribution in [0.3, 0.4) is 0 Å². The molecule has 5 nitrogen and oxygen atoms in total. The summed E-state index contributed by atoms with van der Waals surface area (Å²) in [6.07, 6.45) is 1.12. The second kappa shape index (κ2) is 9.47. The van der Waals surface area contributed by atoms with Gasteiger partial charge in [-0.1, -0.05) is 23.8 Å². The van der Waals surface area contributed by atoms with E-state index < -0.39 is 16.1 Å². The normalized spacial score (nSPS) is 12.5. The molecule has 0 heterocycles. The van der Waals surface area contributed by atoms with Gasteiger partial charge in [-0.3, -0.25) is 9.10 Å². The number of nitrogens with zero attached hydrogens (tertiary/aromatic N) is 1. The third kappa shape index (κ3) is 6.01. The van der Waals surface area contributed by atoms with Crippen LogP contribution in [0.4, 0.5) is 5.69 Å². The molecule has 2 aromatic carbocycles. The molecule has 1 N–H and O–H groups in total. The first-order valence-electron chi connectivity index (χ1n) is 9.13. The molecule has 0 unspecified atom stereocenters. The molecule has 0 aliphatic rings. The molecule has 0 saturated heterocycles. The molecule has 0 bridgehead atoms. The van der Waals surface area contributed by atoms with E-state index in [0.29, 0.717) is 18.0 Å². The number of benzene rings is 2. The number of amides is 1. The lowest BCUT2D eigenvalue weighted by Crippen LogP contribution is -2.48. The van der Waals surface area contributed by atoms with Gasteiger partial charge in [0.25, 0.3) is 0 Å².